The highest BCUT2D eigenvalue weighted by atomic mass is 19.4. The smallest absolute Gasteiger partial charge is 0.373 e. The van der Waals surface area contributed by atoms with E-state index in [1.807, 2.05) is 13.8 Å². The first-order valence-corrected chi connectivity index (χ1v) is 6.19. The van der Waals surface area contributed by atoms with Gasteiger partial charge >= 0.3 is 6.18 Å². The highest BCUT2D eigenvalue weighted by Gasteiger charge is 2.25. The summed E-state index contributed by atoms with van der Waals surface area (Å²) < 4.78 is 36.0. The summed E-state index contributed by atoms with van der Waals surface area (Å²) in [4.78, 5) is 8.55. The van der Waals surface area contributed by atoms with Crippen LogP contribution in [-0.2, 0) is 0 Å². The Kier molecular flexibility index (Phi) is 5.38. The maximum absolute atomic E-state index is 12.0. The van der Waals surface area contributed by atoms with Gasteiger partial charge in [0.05, 0.1) is 0 Å². The normalized spacial score (nSPS) is 11.7. The fourth-order valence-corrected chi connectivity index (χ4v) is 1.45. The Bertz CT molecular complexity index is 404. The van der Waals surface area contributed by atoms with Gasteiger partial charge in [-0.1, -0.05) is 13.8 Å². The molecule has 19 heavy (non-hydrogen) atoms. The largest absolute Gasteiger partial charge is 0.389 e. The topological polar surface area (TPSA) is 49.8 Å². The summed E-state index contributed by atoms with van der Waals surface area (Å²) in [5.74, 6) is 2.01. The van der Waals surface area contributed by atoms with E-state index in [2.05, 4.69) is 20.6 Å². The van der Waals surface area contributed by atoms with Gasteiger partial charge in [0.25, 0.3) is 0 Å². The Hall–Kier alpha value is -1.53. The molecule has 0 fully saturated rings. The summed E-state index contributed by atoms with van der Waals surface area (Å²) in [5.41, 5.74) is 0. The van der Waals surface area contributed by atoms with E-state index in [1.54, 1.807) is 13.1 Å². The molecule has 0 saturated heterocycles. The van der Waals surface area contributed by atoms with Gasteiger partial charge in [0, 0.05) is 32.0 Å². The van der Waals surface area contributed by atoms with Crippen LogP contribution < -0.4 is 10.6 Å². The van der Waals surface area contributed by atoms with Crippen molar-refractivity contribution in [2.45, 2.75) is 38.8 Å². The molecule has 1 heterocycles. The molecule has 0 unspecified atom stereocenters. The van der Waals surface area contributed by atoms with Gasteiger partial charge in [-0.3, -0.25) is 0 Å². The summed E-state index contributed by atoms with van der Waals surface area (Å²) in [6.45, 7) is 4.15. The quantitative estimate of drug-likeness (QED) is 0.782. The molecule has 0 bridgehead atoms. The zero-order chi connectivity index (χ0) is 14.5. The minimum Gasteiger partial charge on any atom is -0.373 e. The molecule has 0 spiro atoms. The molecule has 1 rings (SSSR count). The third-order valence-corrected chi connectivity index (χ3v) is 2.46. The molecule has 0 amide bonds. The molecule has 0 saturated carbocycles. The van der Waals surface area contributed by atoms with Crippen LogP contribution in [0.3, 0.4) is 0 Å². The first-order valence-electron chi connectivity index (χ1n) is 6.19. The van der Waals surface area contributed by atoms with Crippen LogP contribution in [0.15, 0.2) is 6.07 Å². The number of hydrogen-bond acceptors (Lipinski definition) is 4. The number of nitrogens with one attached hydrogen (secondary N) is 2. The van der Waals surface area contributed by atoms with Crippen molar-refractivity contribution in [1.82, 2.24) is 9.97 Å². The van der Waals surface area contributed by atoms with Gasteiger partial charge in [0.1, 0.15) is 17.5 Å². The average Bonchev–Trinajstić information content (AvgIpc) is 2.33. The third-order valence-electron chi connectivity index (χ3n) is 2.46. The Morgan fingerprint density at radius 2 is 1.84 bits per heavy atom. The van der Waals surface area contributed by atoms with Crippen molar-refractivity contribution in [3.8, 4) is 0 Å². The second-order valence-corrected chi connectivity index (χ2v) is 4.55. The zero-order valence-electron chi connectivity index (χ0n) is 11.3. The lowest BCUT2D eigenvalue weighted by Crippen LogP contribution is -2.12. The van der Waals surface area contributed by atoms with Crippen molar-refractivity contribution in [2.75, 3.05) is 24.2 Å². The van der Waals surface area contributed by atoms with Crippen LogP contribution in [0.25, 0.3) is 0 Å². The van der Waals surface area contributed by atoms with Crippen LogP contribution in [0.4, 0.5) is 24.8 Å². The van der Waals surface area contributed by atoms with Crippen LogP contribution in [0.1, 0.15) is 38.4 Å². The molecule has 7 heteroatoms. The van der Waals surface area contributed by atoms with Crippen LogP contribution in [-0.4, -0.2) is 29.7 Å². The number of nitrogens with zero attached hydrogens (tertiary/aromatic N) is 2. The Labute approximate surface area is 110 Å². The third kappa shape index (κ3) is 5.76. The minimum absolute atomic E-state index is 0.0272. The van der Waals surface area contributed by atoms with Crippen molar-refractivity contribution in [3.63, 3.8) is 0 Å². The Morgan fingerprint density at radius 3 is 2.37 bits per heavy atom. The van der Waals surface area contributed by atoms with Gasteiger partial charge in [-0.2, -0.15) is 13.2 Å². The van der Waals surface area contributed by atoms with E-state index in [9.17, 15) is 13.2 Å². The standard InChI is InChI=1S/C12H19F3N4/c1-8(2)11-18-9(16-3)7-10(19-11)17-6-4-5-12(13,14)15/h7-8H,4-6H2,1-3H3,(H2,16,17,18,19). The highest BCUT2D eigenvalue weighted by Crippen LogP contribution is 2.21. The van der Waals surface area contributed by atoms with E-state index >= 15 is 0 Å². The van der Waals surface area contributed by atoms with Crippen LogP contribution in [0, 0.1) is 0 Å². The molecule has 0 aliphatic rings. The first kappa shape index (κ1) is 15.5. The Morgan fingerprint density at radius 1 is 1.21 bits per heavy atom. The molecule has 1 aromatic heterocycles. The van der Waals surface area contributed by atoms with Crippen molar-refractivity contribution < 1.29 is 13.2 Å². The molecule has 1 aromatic rings. The molecular weight excluding hydrogens is 257 g/mol. The number of alkyl halides is 3. The van der Waals surface area contributed by atoms with E-state index in [0.717, 1.165) is 0 Å². The van der Waals surface area contributed by atoms with E-state index in [0.29, 0.717) is 17.5 Å². The fourth-order valence-electron chi connectivity index (χ4n) is 1.45. The molecular formula is C12H19F3N4. The lowest BCUT2D eigenvalue weighted by Gasteiger charge is -2.12. The number of hydrogen-bond donors (Lipinski definition) is 2. The van der Waals surface area contributed by atoms with Crippen LogP contribution in [0.5, 0.6) is 0 Å². The predicted molar refractivity (Wildman–Crippen MR) is 69.4 cm³/mol. The van der Waals surface area contributed by atoms with E-state index in [4.69, 9.17) is 0 Å². The summed E-state index contributed by atoms with van der Waals surface area (Å²) in [5, 5.41) is 5.80. The van der Waals surface area contributed by atoms with Gasteiger partial charge < -0.3 is 10.6 Å². The average molecular weight is 276 g/mol. The molecule has 0 aliphatic heterocycles. The second-order valence-electron chi connectivity index (χ2n) is 4.55. The summed E-state index contributed by atoms with van der Waals surface area (Å²) in [6.07, 6.45) is -4.87. The summed E-state index contributed by atoms with van der Waals surface area (Å²) in [7, 11) is 1.74. The minimum atomic E-state index is -4.10. The Balaban J connectivity index is 2.60. The molecule has 0 radical (unpaired) electrons. The summed E-state index contributed by atoms with van der Waals surface area (Å²) in [6, 6.07) is 1.68. The van der Waals surface area contributed by atoms with E-state index < -0.39 is 12.6 Å². The van der Waals surface area contributed by atoms with Gasteiger partial charge in [-0.15, -0.1) is 0 Å². The lowest BCUT2D eigenvalue weighted by atomic mass is 10.2. The molecule has 0 aliphatic carbocycles. The molecule has 0 aromatic carbocycles. The molecule has 108 valence electrons. The van der Waals surface area contributed by atoms with Crippen molar-refractivity contribution in [3.05, 3.63) is 11.9 Å². The number of rotatable bonds is 6. The highest BCUT2D eigenvalue weighted by molar-refractivity contribution is 5.47. The molecule has 0 atom stereocenters. The first-order chi connectivity index (χ1) is 8.81. The van der Waals surface area contributed by atoms with Crippen molar-refractivity contribution >= 4 is 11.6 Å². The van der Waals surface area contributed by atoms with Crippen molar-refractivity contribution in [1.29, 1.82) is 0 Å². The fraction of sp³-hybridized carbons (Fsp3) is 0.667. The maximum atomic E-state index is 12.0. The van der Waals surface area contributed by atoms with E-state index in [1.165, 1.54) is 0 Å². The zero-order valence-corrected chi connectivity index (χ0v) is 11.3. The van der Waals surface area contributed by atoms with Gasteiger partial charge in [-0.25, -0.2) is 9.97 Å². The lowest BCUT2D eigenvalue weighted by molar-refractivity contribution is -0.134. The maximum Gasteiger partial charge on any atom is 0.389 e. The second kappa shape index (κ2) is 6.58. The summed E-state index contributed by atoms with van der Waals surface area (Å²) >= 11 is 0. The van der Waals surface area contributed by atoms with E-state index in [-0.39, 0.29) is 18.9 Å². The number of halogens is 3. The number of aromatic nitrogens is 2. The SMILES string of the molecule is CNc1cc(NCCCC(F)(F)F)nc(C(C)C)n1. The predicted octanol–water partition coefficient (Wildman–Crippen LogP) is 3.40. The van der Waals surface area contributed by atoms with Crippen molar-refractivity contribution in [2.24, 2.45) is 0 Å². The monoisotopic (exact) mass is 276 g/mol. The molecule has 2 N–H and O–H groups in total. The molecule has 4 nitrogen and oxygen atoms in total. The van der Waals surface area contributed by atoms with Gasteiger partial charge in [-0.05, 0) is 6.42 Å². The van der Waals surface area contributed by atoms with Gasteiger partial charge in [0.15, 0.2) is 0 Å². The van der Waals surface area contributed by atoms with Gasteiger partial charge in [0.2, 0.25) is 0 Å². The van der Waals surface area contributed by atoms with Crippen LogP contribution in [0.2, 0.25) is 0 Å². The number of anilines is 2. The van der Waals surface area contributed by atoms with Crippen LogP contribution >= 0.6 is 0 Å².